The van der Waals surface area contributed by atoms with Crippen molar-refractivity contribution in [1.82, 2.24) is 10.4 Å². The maximum atomic E-state index is 12.7. The molecule has 2 amide bonds. The van der Waals surface area contributed by atoms with E-state index in [1.165, 1.54) is 31.4 Å². The van der Waals surface area contributed by atoms with Crippen LogP contribution in [-0.4, -0.2) is 39.8 Å². The second-order valence-corrected chi connectivity index (χ2v) is 7.78. The van der Waals surface area contributed by atoms with Crippen LogP contribution in [-0.2, 0) is 4.79 Å². The highest BCUT2D eigenvalue weighted by molar-refractivity contribution is 8.26. The van der Waals surface area contributed by atoms with Gasteiger partial charge in [0.15, 0.2) is 15.8 Å². The van der Waals surface area contributed by atoms with Gasteiger partial charge in [0.1, 0.15) is 0 Å². The third-order valence-corrected chi connectivity index (χ3v) is 5.43. The summed E-state index contributed by atoms with van der Waals surface area (Å²) in [5.41, 5.74) is 3.14. The van der Waals surface area contributed by atoms with Gasteiger partial charge in [-0.05, 0) is 55.0 Å². The molecule has 0 aromatic heterocycles. The molecule has 160 valence electrons. The van der Waals surface area contributed by atoms with E-state index in [-0.39, 0.29) is 15.6 Å². The number of non-ortho nitro benzene ring substituents is 1. The van der Waals surface area contributed by atoms with E-state index >= 15 is 0 Å². The summed E-state index contributed by atoms with van der Waals surface area (Å²) >= 11 is 6.26. The summed E-state index contributed by atoms with van der Waals surface area (Å²) in [7, 11) is 1.52. The molecule has 0 bridgehead atoms. The summed E-state index contributed by atoms with van der Waals surface area (Å²) in [6, 6.07) is 10.3. The first-order valence-electron chi connectivity index (χ1n) is 8.98. The quantitative estimate of drug-likeness (QED) is 0.290. The molecule has 1 heterocycles. The van der Waals surface area contributed by atoms with Gasteiger partial charge in [-0.15, -0.1) is 0 Å². The van der Waals surface area contributed by atoms with E-state index in [4.69, 9.17) is 21.7 Å². The van der Waals surface area contributed by atoms with Gasteiger partial charge in [-0.3, -0.25) is 25.1 Å². The van der Waals surface area contributed by atoms with Crippen LogP contribution < -0.4 is 14.9 Å². The van der Waals surface area contributed by atoms with Crippen molar-refractivity contribution in [3.05, 3.63) is 68.6 Å². The van der Waals surface area contributed by atoms with Crippen LogP contribution in [0.2, 0.25) is 0 Å². The molecule has 11 heteroatoms. The lowest BCUT2D eigenvalue weighted by atomic mass is 10.2. The first kappa shape index (κ1) is 22.2. The summed E-state index contributed by atoms with van der Waals surface area (Å²) in [5.74, 6) is 0.0101. The molecule has 1 aliphatic rings. The van der Waals surface area contributed by atoms with E-state index in [2.05, 4.69) is 5.43 Å². The highest BCUT2D eigenvalue weighted by atomic mass is 32.2. The van der Waals surface area contributed by atoms with E-state index in [0.717, 1.165) is 16.8 Å². The summed E-state index contributed by atoms with van der Waals surface area (Å²) in [4.78, 5) is 35.7. The Morgan fingerprint density at radius 1 is 1.26 bits per heavy atom. The molecule has 0 aliphatic carbocycles. The number of benzene rings is 2. The molecular weight excluding hydrogens is 442 g/mol. The molecule has 9 nitrogen and oxygen atoms in total. The number of nitro groups is 1. The number of thiocarbonyl (C=S) groups is 1. The van der Waals surface area contributed by atoms with Crippen molar-refractivity contribution in [1.29, 1.82) is 0 Å². The minimum atomic E-state index is -0.616. The maximum Gasteiger partial charge on any atom is 0.285 e. The third-order valence-electron chi connectivity index (χ3n) is 4.13. The smallest absolute Gasteiger partial charge is 0.285 e. The van der Waals surface area contributed by atoms with Crippen molar-refractivity contribution in [2.24, 2.45) is 0 Å². The van der Waals surface area contributed by atoms with Crippen LogP contribution in [0.4, 0.5) is 5.69 Å². The topological polar surface area (TPSA) is 111 Å². The van der Waals surface area contributed by atoms with Crippen molar-refractivity contribution >= 4 is 51.9 Å². The molecule has 2 aromatic rings. The van der Waals surface area contributed by atoms with Gasteiger partial charge in [0, 0.05) is 17.7 Å². The zero-order valence-corrected chi connectivity index (χ0v) is 18.1. The summed E-state index contributed by atoms with van der Waals surface area (Å²) < 4.78 is 11.0. The van der Waals surface area contributed by atoms with Crippen LogP contribution in [0.15, 0.2) is 47.4 Å². The monoisotopic (exact) mass is 459 g/mol. The van der Waals surface area contributed by atoms with Crippen molar-refractivity contribution < 1.29 is 24.0 Å². The standard InChI is InChI=1S/C20H17N3O6S2/c1-3-29-15-9-4-12(10-16(15)28-2)11-17-19(25)22(20(30)31-17)21-18(24)13-5-7-14(8-6-13)23(26)27/h4-11H,3H2,1-2H3,(H,21,24). The number of methoxy groups -OCH3 is 1. The van der Waals surface area contributed by atoms with Crippen LogP contribution in [0, 0.1) is 10.1 Å². The third kappa shape index (κ3) is 5.01. The number of amides is 2. The van der Waals surface area contributed by atoms with Gasteiger partial charge < -0.3 is 9.47 Å². The number of nitrogens with zero attached hydrogens (tertiary/aromatic N) is 2. The molecule has 0 unspecified atom stereocenters. The SMILES string of the molecule is CCOc1ccc(C=C2SC(=S)N(NC(=O)c3ccc([N+](=O)[O-])cc3)C2=O)cc1OC. The lowest BCUT2D eigenvalue weighted by molar-refractivity contribution is -0.384. The number of rotatable bonds is 7. The van der Waals surface area contributed by atoms with E-state index in [1.807, 2.05) is 6.92 Å². The fourth-order valence-corrected chi connectivity index (χ4v) is 3.84. The van der Waals surface area contributed by atoms with E-state index < -0.39 is 16.7 Å². The number of ether oxygens (including phenoxy) is 2. The van der Waals surface area contributed by atoms with Crippen LogP contribution in [0.5, 0.6) is 11.5 Å². The minimum Gasteiger partial charge on any atom is -0.493 e. The molecule has 2 aromatic carbocycles. The lowest BCUT2D eigenvalue weighted by Crippen LogP contribution is -2.44. The number of hydrogen-bond donors (Lipinski definition) is 1. The Morgan fingerprint density at radius 2 is 1.97 bits per heavy atom. The Labute approximate surface area is 187 Å². The molecule has 3 rings (SSSR count). The zero-order valence-electron chi connectivity index (χ0n) is 16.5. The van der Waals surface area contributed by atoms with E-state index in [0.29, 0.717) is 28.6 Å². The summed E-state index contributed by atoms with van der Waals surface area (Å²) in [6.07, 6.45) is 1.63. The maximum absolute atomic E-state index is 12.7. The Morgan fingerprint density at radius 3 is 2.58 bits per heavy atom. The number of nitrogens with one attached hydrogen (secondary N) is 1. The predicted octanol–water partition coefficient (Wildman–Crippen LogP) is 3.55. The molecule has 31 heavy (non-hydrogen) atoms. The molecule has 0 atom stereocenters. The van der Waals surface area contributed by atoms with Crippen LogP contribution in [0.3, 0.4) is 0 Å². The van der Waals surface area contributed by atoms with Gasteiger partial charge >= 0.3 is 0 Å². The normalized spacial score (nSPS) is 14.6. The van der Waals surface area contributed by atoms with Gasteiger partial charge in [0.25, 0.3) is 17.5 Å². The Kier molecular flexibility index (Phi) is 6.88. The van der Waals surface area contributed by atoms with Crippen LogP contribution in [0.1, 0.15) is 22.8 Å². The highest BCUT2D eigenvalue weighted by Crippen LogP contribution is 2.34. The Balaban J connectivity index is 1.76. The van der Waals surface area contributed by atoms with E-state index in [1.54, 1.807) is 24.3 Å². The molecule has 0 spiro atoms. The lowest BCUT2D eigenvalue weighted by Gasteiger charge is -2.15. The van der Waals surface area contributed by atoms with Gasteiger partial charge in [-0.1, -0.05) is 17.8 Å². The molecule has 0 saturated carbocycles. The molecular formula is C20H17N3O6S2. The second-order valence-electron chi connectivity index (χ2n) is 6.11. The molecule has 1 aliphatic heterocycles. The second kappa shape index (κ2) is 9.58. The molecule has 1 saturated heterocycles. The highest BCUT2D eigenvalue weighted by Gasteiger charge is 2.34. The number of hydrazine groups is 1. The summed E-state index contributed by atoms with van der Waals surface area (Å²) in [5, 5.41) is 11.7. The number of nitro benzene ring substituents is 1. The number of carbonyl (C=O) groups is 2. The first-order valence-corrected chi connectivity index (χ1v) is 10.2. The van der Waals surface area contributed by atoms with Crippen molar-refractivity contribution in [2.45, 2.75) is 6.92 Å². The Hall–Kier alpha value is -3.44. The minimum absolute atomic E-state index is 0.143. The van der Waals surface area contributed by atoms with Crippen molar-refractivity contribution in [3.8, 4) is 11.5 Å². The Bertz CT molecular complexity index is 1080. The van der Waals surface area contributed by atoms with Crippen LogP contribution in [0.25, 0.3) is 6.08 Å². The van der Waals surface area contributed by atoms with Gasteiger partial charge in [0.2, 0.25) is 0 Å². The van der Waals surface area contributed by atoms with Crippen molar-refractivity contribution in [2.75, 3.05) is 13.7 Å². The predicted molar refractivity (Wildman–Crippen MR) is 120 cm³/mol. The first-order chi connectivity index (χ1) is 14.8. The average molecular weight is 460 g/mol. The molecule has 1 fully saturated rings. The zero-order chi connectivity index (χ0) is 22.5. The number of hydrogen-bond acceptors (Lipinski definition) is 8. The van der Waals surface area contributed by atoms with Crippen molar-refractivity contribution in [3.63, 3.8) is 0 Å². The number of carbonyl (C=O) groups excluding carboxylic acids is 2. The van der Waals surface area contributed by atoms with Gasteiger partial charge in [-0.2, -0.15) is 5.01 Å². The molecule has 0 radical (unpaired) electrons. The van der Waals surface area contributed by atoms with Gasteiger partial charge in [0.05, 0.1) is 23.5 Å². The van der Waals surface area contributed by atoms with Crippen LogP contribution >= 0.6 is 24.0 Å². The fraction of sp³-hybridized carbons (Fsp3) is 0.150. The number of thioether (sulfide) groups is 1. The summed E-state index contributed by atoms with van der Waals surface area (Å²) in [6.45, 7) is 2.35. The largest absolute Gasteiger partial charge is 0.493 e. The van der Waals surface area contributed by atoms with Gasteiger partial charge in [-0.25, -0.2) is 0 Å². The molecule has 1 N–H and O–H groups in total. The van der Waals surface area contributed by atoms with E-state index in [9.17, 15) is 19.7 Å². The average Bonchev–Trinajstić information content (AvgIpc) is 3.02. The fourth-order valence-electron chi connectivity index (χ4n) is 2.66.